The van der Waals surface area contributed by atoms with E-state index in [1.54, 1.807) is 17.9 Å². The molecule has 1 aromatic rings. The summed E-state index contributed by atoms with van der Waals surface area (Å²) in [5.41, 5.74) is -0.881. The fraction of sp³-hybridized carbons (Fsp3) is 0.500. The second-order valence-corrected chi connectivity index (χ2v) is 5.21. The van der Waals surface area contributed by atoms with Crippen molar-refractivity contribution in [3.05, 3.63) is 29.3 Å². The van der Waals surface area contributed by atoms with Crippen LogP contribution in [0.25, 0.3) is 0 Å². The van der Waals surface area contributed by atoms with Crippen LogP contribution >= 0.6 is 0 Å². The molecule has 2 rings (SSSR count). The molecule has 1 aliphatic heterocycles. The fourth-order valence-electron chi connectivity index (χ4n) is 2.37. The van der Waals surface area contributed by atoms with Gasteiger partial charge in [0.2, 0.25) is 0 Å². The van der Waals surface area contributed by atoms with Crippen LogP contribution in [0.3, 0.4) is 0 Å². The molecule has 0 saturated carbocycles. The van der Waals surface area contributed by atoms with Crippen molar-refractivity contribution < 1.29 is 13.9 Å². The van der Waals surface area contributed by atoms with Crippen LogP contribution in [0.15, 0.2) is 12.1 Å². The topological polar surface area (TPSA) is 47.3 Å². The minimum absolute atomic E-state index is 0.161. The van der Waals surface area contributed by atoms with E-state index in [1.807, 2.05) is 0 Å². The number of rotatable bonds is 1. The molecule has 1 N–H and O–H groups in total. The predicted octanol–water partition coefficient (Wildman–Crippen LogP) is 2.58. The molecule has 0 radical (unpaired) electrons. The lowest BCUT2D eigenvalue weighted by atomic mass is 9.98. The van der Waals surface area contributed by atoms with Gasteiger partial charge in [0.05, 0.1) is 16.9 Å². The fourth-order valence-corrected chi connectivity index (χ4v) is 2.37. The van der Waals surface area contributed by atoms with Gasteiger partial charge in [-0.2, -0.15) is 5.26 Å². The van der Waals surface area contributed by atoms with Gasteiger partial charge >= 0.3 is 0 Å². The highest BCUT2D eigenvalue weighted by Gasteiger charge is 2.27. The highest BCUT2D eigenvalue weighted by Crippen LogP contribution is 2.28. The van der Waals surface area contributed by atoms with Gasteiger partial charge in [-0.3, -0.25) is 0 Å². The summed E-state index contributed by atoms with van der Waals surface area (Å²) in [6, 6.07) is 4.33. The molecule has 3 nitrogen and oxygen atoms in total. The van der Waals surface area contributed by atoms with Gasteiger partial charge in [-0.15, -0.1) is 0 Å². The quantitative estimate of drug-likeness (QED) is 0.849. The molecule has 19 heavy (non-hydrogen) atoms. The zero-order valence-electron chi connectivity index (χ0n) is 10.8. The van der Waals surface area contributed by atoms with Crippen molar-refractivity contribution in [2.24, 2.45) is 0 Å². The lowest BCUT2D eigenvalue weighted by Gasteiger charge is -2.24. The van der Waals surface area contributed by atoms with Crippen molar-refractivity contribution >= 4 is 5.69 Å². The number of halogens is 2. The largest absolute Gasteiger partial charge is 0.390 e. The molecule has 1 heterocycles. The molecule has 0 aromatic heterocycles. The van der Waals surface area contributed by atoms with Crippen LogP contribution in [0.4, 0.5) is 14.5 Å². The molecule has 1 aromatic carbocycles. The summed E-state index contributed by atoms with van der Waals surface area (Å²) in [6.45, 7) is 2.79. The van der Waals surface area contributed by atoms with Gasteiger partial charge in [0.25, 0.3) is 0 Å². The Morgan fingerprint density at radius 1 is 1.26 bits per heavy atom. The Hall–Kier alpha value is -1.67. The highest BCUT2D eigenvalue weighted by molar-refractivity contribution is 5.52. The third-order valence-corrected chi connectivity index (χ3v) is 3.59. The van der Waals surface area contributed by atoms with Crippen molar-refractivity contribution in [3.8, 4) is 6.07 Å². The lowest BCUT2D eigenvalue weighted by Crippen LogP contribution is -2.29. The van der Waals surface area contributed by atoms with E-state index in [0.29, 0.717) is 32.4 Å². The van der Waals surface area contributed by atoms with E-state index in [-0.39, 0.29) is 11.3 Å². The van der Waals surface area contributed by atoms with Crippen LogP contribution in [-0.4, -0.2) is 23.8 Å². The molecule has 1 unspecified atom stereocenters. The molecule has 5 heteroatoms. The van der Waals surface area contributed by atoms with E-state index in [0.717, 1.165) is 0 Å². The van der Waals surface area contributed by atoms with E-state index >= 15 is 0 Å². The van der Waals surface area contributed by atoms with Crippen LogP contribution < -0.4 is 4.90 Å². The van der Waals surface area contributed by atoms with Gasteiger partial charge in [0.15, 0.2) is 11.6 Å². The highest BCUT2D eigenvalue weighted by atomic mass is 19.2. The molecule has 1 aliphatic rings. The first kappa shape index (κ1) is 13.8. The molecular formula is C14H16F2N2O. The Labute approximate surface area is 111 Å². The lowest BCUT2D eigenvalue weighted by molar-refractivity contribution is 0.0481. The van der Waals surface area contributed by atoms with Gasteiger partial charge < -0.3 is 10.0 Å². The third kappa shape index (κ3) is 2.85. The average Bonchev–Trinajstić information content (AvgIpc) is 2.54. The molecular weight excluding hydrogens is 250 g/mol. The monoisotopic (exact) mass is 266 g/mol. The summed E-state index contributed by atoms with van der Waals surface area (Å²) in [5.74, 6) is -2.09. The maximum absolute atomic E-state index is 13.9. The number of hydrogen-bond acceptors (Lipinski definition) is 3. The van der Waals surface area contributed by atoms with Crippen molar-refractivity contribution in [1.82, 2.24) is 0 Å². The summed E-state index contributed by atoms with van der Waals surface area (Å²) >= 11 is 0. The summed E-state index contributed by atoms with van der Waals surface area (Å²) < 4.78 is 27.5. The number of benzene rings is 1. The maximum atomic E-state index is 13.9. The minimum Gasteiger partial charge on any atom is -0.390 e. The van der Waals surface area contributed by atoms with Crippen molar-refractivity contribution in [1.29, 1.82) is 5.26 Å². The SMILES string of the molecule is CC1(O)CCCN(c2ccc(C#N)c(F)c2F)CC1. The molecule has 0 spiro atoms. The molecule has 102 valence electrons. The Morgan fingerprint density at radius 3 is 2.68 bits per heavy atom. The summed E-state index contributed by atoms with van der Waals surface area (Å²) in [6.07, 6.45) is 1.87. The molecule has 1 fully saturated rings. The van der Waals surface area contributed by atoms with E-state index in [4.69, 9.17) is 5.26 Å². The Bertz CT molecular complexity index is 523. The van der Waals surface area contributed by atoms with Crippen LogP contribution in [0.2, 0.25) is 0 Å². The zero-order valence-corrected chi connectivity index (χ0v) is 10.8. The molecule has 0 bridgehead atoms. The number of nitrogens with zero attached hydrogens (tertiary/aromatic N) is 2. The molecule has 0 amide bonds. The standard InChI is InChI=1S/C14H16F2N2O/c1-14(19)5-2-7-18(8-6-14)11-4-3-10(9-17)12(15)13(11)16/h3-4,19H,2,5-8H2,1H3. The van der Waals surface area contributed by atoms with E-state index < -0.39 is 17.2 Å². The van der Waals surface area contributed by atoms with E-state index in [1.165, 1.54) is 12.1 Å². The predicted molar refractivity (Wildman–Crippen MR) is 67.8 cm³/mol. The van der Waals surface area contributed by atoms with Crippen molar-refractivity contribution in [3.63, 3.8) is 0 Å². The Morgan fingerprint density at radius 2 is 2.00 bits per heavy atom. The third-order valence-electron chi connectivity index (χ3n) is 3.59. The van der Waals surface area contributed by atoms with E-state index in [2.05, 4.69) is 0 Å². The second-order valence-electron chi connectivity index (χ2n) is 5.21. The summed E-state index contributed by atoms with van der Waals surface area (Å²) in [4.78, 5) is 1.72. The number of nitriles is 1. The first-order chi connectivity index (χ1) is 8.94. The van der Waals surface area contributed by atoms with Gasteiger partial charge in [0, 0.05) is 13.1 Å². The molecule has 1 atom stereocenters. The average molecular weight is 266 g/mol. The van der Waals surface area contributed by atoms with Gasteiger partial charge in [-0.05, 0) is 38.3 Å². The summed E-state index contributed by atoms with van der Waals surface area (Å²) in [5, 5.41) is 18.6. The smallest absolute Gasteiger partial charge is 0.183 e. The number of hydrogen-bond donors (Lipinski definition) is 1. The number of anilines is 1. The van der Waals surface area contributed by atoms with Gasteiger partial charge in [-0.25, -0.2) is 8.78 Å². The van der Waals surface area contributed by atoms with Gasteiger partial charge in [0.1, 0.15) is 6.07 Å². The normalized spacial score (nSPS) is 23.8. The second kappa shape index (κ2) is 5.14. The van der Waals surface area contributed by atoms with Crippen LogP contribution in [0.1, 0.15) is 31.7 Å². The van der Waals surface area contributed by atoms with Gasteiger partial charge in [-0.1, -0.05) is 0 Å². The first-order valence-corrected chi connectivity index (χ1v) is 6.30. The minimum atomic E-state index is -1.10. The summed E-state index contributed by atoms with van der Waals surface area (Å²) in [7, 11) is 0. The van der Waals surface area contributed by atoms with E-state index in [9.17, 15) is 13.9 Å². The van der Waals surface area contributed by atoms with Crippen LogP contribution in [0.5, 0.6) is 0 Å². The van der Waals surface area contributed by atoms with Crippen LogP contribution in [-0.2, 0) is 0 Å². The Balaban J connectivity index is 2.28. The number of aliphatic hydroxyl groups is 1. The molecule has 1 saturated heterocycles. The molecule has 0 aliphatic carbocycles. The zero-order chi connectivity index (χ0) is 14.0. The first-order valence-electron chi connectivity index (χ1n) is 6.30. The Kier molecular flexibility index (Phi) is 3.72. The van der Waals surface area contributed by atoms with Crippen LogP contribution in [0, 0.1) is 23.0 Å². The van der Waals surface area contributed by atoms with Crippen molar-refractivity contribution in [2.75, 3.05) is 18.0 Å². The van der Waals surface area contributed by atoms with Crippen molar-refractivity contribution in [2.45, 2.75) is 31.8 Å². The maximum Gasteiger partial charge on any atom is 0.183 e.